The van der Waals surface area contributed by atoms with Gasteiger partial charge in [0.2, 0.25) is 11.1 Å². The number of nitrogens with zero attached hydrogens (tertiary/aromatic N) is 6. The molecule has 1 aliphatic heterocycles. The fourth-order valence-corrected chi connectivity index (χ4v) is 4.14. The van der Waals surface area contributed by atoms with Gasteiger partial charge in [-0.15, -0.1) is 11.7 Å². The summed E-state index contributed by atoms with van der Waals surface area (Å²) >= 11 is 1.30. The highest BCUT2D eigenvalue weighted by molar-refractivity contribution is 7.99. The lowest BCUT2D eigenvalue weighted by Crippen LogP contribution is -2.46. The molecule has 0 atom stereocenters. The van der Waals surface area contributed by atoms with Crippen molar-refractivity contribution in [1.29, 1.82) is 0 Å². The van der Waals surface area contributed by atoms with Crippen molar-refractivity contribution < 1.29 is 4.79 Å². The van der Waals surface area contributed by atoms with Crippen LogP contribution in [0.1, 0.15) is 0 Å². The largest absolute Gasteiger partial charge is 0.369 e. The molecule has 8 nitrogen and oxygen atoms in total. The molecule has 3 aromatic rings. The minimum atomic E-state index is -0.0987. The molecule has 0 spiro atoms. The molecule has 2 heterocycles. The molecule has 0 unspecified atom stereocenters. The number of amides is 1. The van der Waals surface area contributed by atoms with E-state index in [-0.39, 0.29) is 11.7 Å². The molecule has 4 rings (SSSR count). The van der Waals surface area contributed by atoms with Gasteiger partial charge < -0.3 is 10.2 Å². The summed E-state index contributed by atoms with van der Waals surface area (Å²) in [4.78, 5) is 17.2. The molecule has 2 aromatic carbocycles. The molecule has 31 heavy (non-hydrogen) atoms. The van der Waals surface area contributed by atoms with E-state index in [0.29, 0.717) is 5.16 Å². The molecule has 160 valence electrons. The fourth-order valence-electron chi connectivity index (χ4n) is 3.45. The third-order valence-corrected chi connectivity index (χ3v) is 5.97. The predicted octanol–water partition coefficient (Wildman–Crippen LogP) is 2.70. The summed E-state index contributed by atoms with van der Waals surface area (Å²) in [5.41, 5.74) is 2.81. The Kier molecular flexibility index (Phi) is 6.96. The molecule has 1 amide bonds. The number of nitrogens with one attached hydrogen (secondary N) is 1. The Morgan fingerprint density at radius 3 is 2.48 bits per heavy atom. The predicted molar refractivity (Wildman–Crippen MR) is 124 cm³/mol. The first-order valence-electron chi connectivity index (χ1n) is 10.2. The van der Waals surface area contributed by atoms with Crippen LogP contribution in [0.2, 0.25) is 0 Å². The van der Waals surface area contributed by atoms with Crippen LogP contribution in [-0.2, 0) is 4.79 Å². The smallest absolute Gasteiger partial charge is 0.234 e. The fraction of sp³-hybridized carbons (Fsp3) is 0.273. The van der Waals surface area contributed by atoms with Gasteiger partial charge in [-0.2, -0.15) is 4.68 Å². The van der Waals surface area contributed by atoms with Crippen LogP contribution in [0, 0.1) is 0 Å². The number of hydrogen-bond acceptors (Lipinski definition) is 7. The molecule has 1 aromatic heterocycles. The average molecular weight is 436 g/mol. The standard InChI is InChI=1S/C22H25N7OS/c1-2-12-27-13-15-28(16-14-27)19-10-8-18(9-11-19)23-21(30)17-31-22-24-25-26-29(22)20-6-4-3-5-7-20/h2-11H,1,12-17H2,(H,23,30). The van der Waals surface area contributed by atoms with E-state index < -0.39 is 0 Å². The topological polar surface area (TPSA) is 79.2 Å². The number of hydrogen-bond donors (Lipinski definition) is 1. The van der Waals surface area contributed by atoms with E-state index in [1.165, 1.54) is 17.4 Å². The maximum atomic E-state index is 12.4. The van der Waals surface area contributed by atoms with Gasteiger partial charge in [0.15, 0.2) is 0 Å². The van der Waals surface area contributed by atoms with Crippen molar-refractivity contribution in [2.45, 2.75) is 5.16 Å². The maximum absolute atomic E-state index is 12.4. The van der Waals surface area contributed by atoms with Crippen LogP contribution in [0.4, 0.5) is 11.4 Å². The maximum Gasteiger partial charge on any atom is 0.234 e. The van der Waals surface area contributed by atoms with Gasteiger partial charge in [0.05, 0.1) is 11.4 Å². The zero-order valence-electron chi connectivity index (χ0n) is 17.2. The number of tetrazole rings is 1. The number of rotatable bonds is 8. The van der Waals surface area contributed by atoms with Gasteiger partial charge >= 0.3 is 0 Å². The summed E-state index contributed by atoms with van der Waals surface area (Å²) in [5, 5.41) is 15.3. The highest BCUT2D eigenvalue weighted by Gasteiger charge is 2.16. The van der Waals surface area contributed by atoms with Crippen molar-refractivity contribution >= 4 is 29.0 Å². The summed E-state index contributed by atoms with van der Waals surface area (Å²) in [7, 11) is 0. The lowest BCUT2D eigenvalue weighted by Gasteiger charge is -2.35. The summed E-state index contributed by atoms with van der Waals surface area (Å²) in [6, 6.07) is 17.6. The van der Waals surface area contributed by atoms with E-state index in [0.717, 1.165) is 44.1 Å². The van der Waals surface area contributed by atoms with Gasteiger partial charge in [0.1, 0.15) is 0 Å². The Hall–Kier alpha value is -3.17. The zero-order valence-corrected chi connectivity index (χ0v) is 18.0. The number of aromatic nitrogens is 4. The average Bonchev–Trinajstić information content (AvgIpc) is 3.28. The number of carbonyl (C=O) groups excluding carboxylic acids is 1. The Morgan fingerprint density at radius 2 is 1.77 bits per heavy atom. The van der Waals surface area contributed by atoms with Crippen molar-refractivity contribution in [2.24, 2.45) is 0 Å². The van der Waals surface area contributed by atoms with Crippen LogP contribution in [-0.4, -0.2) is 69.5 Å². The summed E-state index contributed by atoms with van der Waals surface area (Å²) in [6.07, 6.45) is 1.95. The molecular weight excluding hydrogens is 410 g/mol. The molecule has 0 bridgehead atoms. The minimum absolute atomic E-state index is 0.0987. The van der Waals surface area contributed by atoms with Gasteiger partial charge in [0.25, 0.3) is 0 Å². The third kappa shape index (κ3) is 5.50. The van der Waals surface area contributed by atoms with Crippen molar-refractivity contribution in [3.63, 3.8) is 0 Å². The Bertz CT molecular complexity index is 998. The monoisotopic (exact) mass is 435 g/mol. The molecule has 1 fully saturated rings. The molecule has 1 saturated heterocycles. The SMILES string of the molecule is C=CCN1CCN(c2ccc(NC(=O)CSc3nnnn3-c3ccccc3)cc2)CC1. The van der Waals surface area contributed by atoms with Crippen LogP contribution in [0.15, 0.2) is 72.4 Å². The van der Waals surface area contributed by atoms with Gasteiger partial charge in [-0.25, -0.2) is 0 Å². The second-order valence-electron chi connectivity index (χ2n) is 7.17. The van der Waals surface area contributed by atoms with E-state index >= 15 is 0 Å². The first-order chi connectivity index (χ1) is 15.2. The number of anilines is 2. The number of para-hydroxylation sites is 1. The Labute approximate surface area is 185 Å². The third-order valence-electron chi connectivity index (χ3n) is 5.05. The van der Waals surface area contributed by atoms with Crippen LogP contribution in [0.5, 0.6) is 0 Å². The van der Waals surface area contributed by atoms with Gasteiger partial charge in [-0.1, -0.05) is 36.0 Å². The van der Waals surface area contributed by atoms with Crippen molar-refractivity contribution in [1.82, 2.24) is 25.1 Å². The first-order valence-corrected chi connectivity index (χ1v) is 11.2. The van der Waals surface area contributed by atoms with E-state index in [2.05, 4.69) is 49.4 Å². The molecule has 0 saturated carbocycles. The molecule has 0 radical (unpaired) electrons. The minimum Gasteiger partial charge on any atom is -0.369 e. The Balaban J connectivity index is 1.28. The molecule has 0 aliphatic carbocycles. The van der Waals surface area contributed by atoms with Gasteiger partial charge in [0, 0.05) is 44.1 Å². The first kappa shape index (κ1) is 21.1. The second kappa shape index (κ2) is 10.2. The highest BCUT2D eigenvalue weighted by atomic mass is 32.2. The van der Waals surface area contributed by atoms with Crippen LogP contribution in [0.3, 0.4) is 0 Å². The van der Waals surface area contributed by atoms with Crippen molar-refractivity contribution in [3.05, 3.63) is 67.3 Å². The van der Waals surface area contributed by atoms with E-state index in [4.69, 9.17) is 0 Å². The summed E-state index contributed by atoms with van der Waals surface area (Å²) in [6.45, 7) is 8.80. The van der Waals surface area contributed by atoms with E-state index in [9.17, 15) is 4.79 Å². The van der Waals surface area contributed by atoms with Crippen LogP contribution < -0.4 is 10.2 Å². The van der Waals surface area contributed by atoms with Gasteiger partial charge in [-0.3, -0.25) is 9.69 Å². The molecule has 1 aliphatic rings. The number of thioether (sulfide) groups is 1. The zero-order chi connectivity index (χ0) is 21.5. The summed E-state index contributed by atoms with van der Waals surface area (Å²) < 4.78 is 1.63. The normalized spacial score (nSPS) is 14.4. The second-order valence-corrected chi connectivity index (χ2v) is 8.11. The lowest BCUT2D eigenvalue weighted by molar-refractivity contribution is -0.113. The quantitative estimate of drug-likeness (QED) is 0.430. The van der Waals surface area contributed by atoms with Crippen LogP contribution >= 0.6 is 11.8 Å². The lowest BCUT2D eigenvalue weighted by atomic mass is 10.2. The van der Waals surface area contributed by atoms with Crippen LogP contribution in [0.25, 0.3) is 5.69 Å². The van der Waals surface area contributed by atoms with Crippen molar-refractivity contribution in [3.8, 4) is 5.69 Å². The van der Waals surface area contributed by atoms with Gasteiger partial charge in [-0.05, 0) is 46.8 Å². The highest BCUT2D eigenvalue weighted by Crippen LogP contribution is 2.21. The number of benzene rings is 2. The van der Waals surface area contributed by atoms with E-state index in [1.54, 1.807) is 4.68 Å². The molecule has 1 N–H and O–H groups in total. The molecule has 9 heteroatoms. The number of piperazine rings is 1. The molecular formula is C22H25N7OS. The van der Waals surface area contributed by atoms with E-state index in [1.807, 2.05) is 48.5 Å². The van der Waals surface area contributed by atoms with Crippen molar-refractivity contribution in [2.75, 3.05) is 48.7 Å². The summed E-state index contributed by atoms with van der Waals surface area (Å²) in [5.74, 6) is 0.124. The Morgan fingerprint density at radius 1 is 1.03 bits per heavy atom. The number of carbonyl (C=O) groups is 1.